The first kappa shape index (κ1) is 15.1. The fourth-order valence-corrected chi connectivity index (χ4v) is 2.81. The second-order valence-corrected chi connectivity index (χ2v) is 5.55. The molecule has 0 bridgehead atoms. The van der Waals surface area contributed by atoms with Gasteiger partial charge in [-0.25, -0.2) is 9.59 Å². The Morgan fingerprint density at radius 2 is 2.15 bits per heavy atom. The maximum atomic E-state index is 12.3. The van der Waals surface area contributed by atoms with Crippen LogP contribution in [0.2, 0.25) is 0 Å². The van der Waals surface area contributed by atoms with Crippen LogP contribution in [0.1, 0.15) is 25.7 Å². The van der Waals surface area contributed by atoms with Crippen LogP contribution in [0.4, 0.5) is 4.79 Å². The van der Waals surface area contributed by atoms with Crippen molar-refractivity contribution >= 4 is 12.0 Å². The van der Waals surface area contributed by atoms with Gasteiger partial charge in [0.25, 0.3) is 0 Å². The standard InChI is InChI=1S/C13H22N2O5/c1-14(8-10-4-2-3-5-20-10)13(19)15-7-9(16)6-11(15)12(17)18/h9-11,16H,2-8H2,1H3,(H,17,18)/t9?,10?,11-/m0/s1. The molecule has 0 radical (unpaired) electrons. The zero-order chi connectivity index (χ0) is 14.7. The number of carboxylic acid groups (broad SMARTS) is 1. The summed E-state index contributed by atoms with van der Waals surface area (Å²) in [4.78, 5) is 26.1. The monoisotopic (exact) mass is 286 g/mol. The van der Waals surface area contributed by atoms with Crippen LogP contribution in [0, 0.1) is 0 Å². The molecule has 0 aliphatic carbocycles. The first-order valence-electron chi connectivity index (χ1n) is 7.03. The van der Waals surface area contributed by atoms with Gasteiger partial charge in [0.15, 0.2) is 0 Å². The highest BCUT2D eigenvalue weighted by Crippen LogP contribution is 2.20. The van der Waals surface area contributed by atoms with E-state index in [1.807, 2.05) is 0 Å². The number of likely N-dealkylation sites (tertiary alicyclic amines) is 1. The number of aliphatic hydroxyl groups is 1. The molecule has 2 saturated heterocycles. The minimum atomic E-state index is -1.07. The van der Waals surface area contributed by atoms with Gasteiger partial charge < -0.3 is 24.7 Å². The summed E-state index contributed by atoms with van der Waals surface area (Å²) in [6.45, 7) is 1.25. The topological polar surface area (TPSA) is 90.3 Å². The molecular formula is C13H22N2O5. The van der Waals surface area contributed by atoms with Crippen molar-refractivity contribution in [1.29, 1.82) is 0 Å². The molecule has 0 aromatic carbocycles. The van der Waals surface area contributed by atoms with Crippen LogP contribution in [-0.4, -0.2) is 77.0 Å². The number of hydrogen-bond acceptors (Lipinski definition) is 4. The molecule has 2 fully saturated rings. The zero-order valence-corrected chi connectivity index (χ0v) is 11.7. The van der Waals surface area contributed by atoms with Crippen LogP contribution in [0.25, 0.3) is 0 Å². The third kappa shape index (κ3) is 3.40. The molecule has 2 amide bonds. The number of likely N-dealkylation sites (N-methyl/N-ethyl adjacent to an activating group) is 1. The van der Waals surface area contributed by atoms with Crippen molar-refractivity contribution in [1.82, 2.24) is 9.80 Å². The van der Waals surface area contributed by atoms with E-state index in [0.717, 1.165) is 19.3 Å². The fourth-order valence-electron chi connectivity index (χ4n) is 2.81. The highest BCUT2D eigenvalue weighted by molar-refractivity contribution is 5.83. The lowest BCUT2D eigenvalue weighted by Gasteiger charge is -2.31. The molecule has 7 nitrogen and oxygen atoms in total. The Morgan fingerprint density at radius 3 is 2.75 bits per heavy atom. The van der Waals surface area contributed by atoms with Crippen LogP contribution in [-0.2, 0) is 9.53 Å². The number of hydrogen-bond donors (Lipinski definition) is 2. The number of carbonyl (C=O) groups excluding carboxylic acids is 1. The molecule has 0 spiro atoms. The van der Waals surface area contributed by atoms with E-state index >= 15 is 0 Å². The smallest absolute Gasteiger partial charge is 0.326 e. The minimum absolute atomic E-state index is 0.0218. The van der Waals surface area contributed by atoms with E-state index in [4.69, 9.17) is 9.84 Å². The van der Waals surface area contributed by atoms with E-state index in [2.05, 4.69) is 0 Å². The lowest BCUT2D eigenvalue weighted by atomic mass is 10.1. The third-order valence-corrected chi connectivity index (χ3v) is 3.89. The van der Waals surface area contributed by atoms with Crippen molar-refractivity contribution < 1.29 is 24.5 Å². The van der Waals surface area contributed by atoms with Crippen LogP contribution >= 0.6 is 0 Å². The molecule has 114 valence electrons. The van der Waals surface area contributed by atoms with E-state index in [-0.39, 0.29) is 25.1 Å². The third-order valence-electron chi connectivity index (χ3n) is 3.89. The average molecular weight is 286 g/mol. The molecule has 0 saturated carbocycles. The summed E-state index contributed by atoms with van der Waals surface area (Å²) in [6.07, 6.45) is 2.41. The summed E-state index contributed by atoms with van der Waals surface area (Å²) in [6, 6.07) is -1.30. The molecule has 2 heterocycles. The Morgan fingerprint density at radius 1 is 1.40 bits per heavy atom. The average Bonchev–Trinajstić information content (AvgIpc) is 2.81. The summed E-state index contributed by atoms with van der Waals surface area (Å²) < 4.78 is 5.58. The molecular weight excluding hydrogens is 264 g/mol. The number of β-amino-alcohol motifs (C(OH)–C–C–N with tert-alkyl or cyclic N) is 1. The van der Waals surface area contributed by atoms with E-state index < -0.39 is 18.1 Å². The number of ether oxygens (including phenoxy) is 1. The number of rotatable bonds is 3. The predicted molar refractivity (Wildman–Crippen MR) is 70.4 cm³/mol. The Balaban J connectivity index is 1.93. The Bertz CT molecular complexity index is 370. The SMILES string of the molecule is CN(CC1CCCCO1)C(=O)N1CC(O)C[C@H]1C(=O)O. The summed E-state index contributed by atoms with van der Waals surface area (Å²) >= 11 is 0. The predicted octanol–water partition coefficient (Wildman–Crippen LogP) is 0.127. The van der Waals surface area contributed by atoms with E-state index in [1.165, 1.54) is 9.80 Å². The molecule has 20 heavy (non-hydrogen) atoms. The maximum absolute atomic E-state index is 12.3. The number of aliphatic hydroxyl groups excluding tert-OH is 1. The Hall–Kier alpha value is -1.34. The van der Waals surface area contributed by atoms with Crippen LogP contribution in [0.3, 0.4) is 0 Å². The molecule has 2 unspecified atom stereocenters. The van der Waals surface area contributed by atoms with Crippen molar-refractivity contribution in [3.63, 3.8) is 0 Å². The largest absolute Gasteiger partial charge is 0.480 e. The van der Waals surface area contributed by atoms with Gasteiger partial charge in [-0.15, -0.1) is 0 Å². The number of carboxylic acids is 1. The number of nitrogens with zero attached hydrogens (tertiary/aromatic N) is 2. The minimum Gasteiger partial charge on any atom is -0.480 e. The van der Waals surface area contributed by atoms with Gasteiger partial charge in [-0.3, -0.25) is 0 Å². The summed E-state index contributed by atoms with van der Waals surface area (Å²) in [5.41, 5.74) is 0. The van der Waals surface area contributed by atoms with Gasteiger partial charge in [0.05, 0.1) is 12.2 Å². The molecule has 2 aliphatic rings. The van der Waals surface area contributed by atoms with E-state index in [0.29, 0.717) is 13.2 Å². The summed E-state index contributed by atoms with van der Waals surface area (Å²) in [5.74, 6) is -1.07. The molecule has 2 rings (SSSR count). The first-order chi connectivity index (χ1) is 9.49. The molecule has 0 aromatic rings. The van der Waals surface area contributed by atoms with Crippen LogP contribution in [0.15, 0.2) is 0 Å². The second-order valence-electron chi connectivity index (χ2n) is 5.55. The summed E-state index contributed by atoms with van der Waals surface area (Å²) in [7, 11) is 1.64. The molecule has 7 heteroatoms. The highest BCUT2D eigenvalue weighted by atomic mass is 16.5. The number of carbonyl (C=O) groups is 2. The van der Waals surface area contributed by atoms with Crippen molar-refractivity contribution in [3.8, 4) is 0 Å². The van der Waals surface area contributed by atoms with Gasteiger partial charge in [-0.1, -0.05) is 0 Å². The molecule has 3 atom stereocenters. The van der Waals surface area contributed by atoms with E-state index in [1.54, 1.807) is 7.05 Å². The first-order valence-corrected chi connectivity index (χ1v) is 7.03. The van der Waals surface area contributed by atoms with Crippen molar-refractivity contribution in [2.45, 2.75) is 43.9 Å². The summed E-state index contributed by atoms with van der Waals surface area (Å²) in [5, 5.41) is 18.7. The maximum Gasteiger partial charge on any atom is 0.326 e. The normalized spacial score (nSPS) is 30.3. The van der Waals surface area contributed by atoms with Crippen molar-refractivity contribution in [2.75, 3.05) is 26.7 Å². The van der Waals surface area contributed by atoms with Gasteiger partial charge in [-0.05, 0) is 19.3 Å². The lowest BCUT2D eigenvalue weighted by molar-refractivity contribution is -0.141. The van der Waals surface area contributed by atoms with Gasteiger partial charge in [0, 0.05) is 33.2 Å². The van der Waals surface area contributed by atoms with E-state index in [9.17, 15) is 14.7 Å². The Kier molecular flexibility index (Phi) is 4.82. The van der Waals surface area contributed by atoms with Crippen molar-refractivity contribution in [2.24, 2.45) is 0 Å². The highest BCUT2D eigenvalue weighted by Gasteiger charge is 2.40. The zero-order valence-electron chi connectivity index (χ0n) is 11.7. The number of aliphatic carboxylic acids is 1. The van der Waals surface area contributed by atoms with Gasteiger partial charge in [0.1, 0.15) is 6.04 Å². The molecule has 2 aliphatic heterocycles. The molecule has 2 N–H and O–H groups in total. The number of urea groups is 1. The molecule has 0 aromatic heterocycles. The van der Waals surface area contributed by atoms with Gasteiger partial charge in [0.2, 0.25) is 0 Å². The number of amides is 2. The fraction of sp³-hybridized carbons (Fsp3) is 0.846. The van der Waals surface area contributed by atoms with Crippen LogP contribution < -0.4 is 0 Å². The quantitative estimate of drug-likeness (QED) is 0.769. The lowest BCUT2D eigenvalue weighted by Crippen LogP contribution is -2.49. The van der Waals surface area contributed by atoms with Crippen molar-refractivity contribution in [3.05, 3.63) is 0 Å². The Labute approximate surface area is 118 Å². The second kappa shape index (κ2) is 6.41. The van der Waals surface area contributed by atoms with Gasteiger partial charge in [-0.2, -0.15) is 0 Å². The van der Waals surface area contributed by atoms with Gasteiger partial charge >= 0.3 is 12.0 Å². The van der Waals surface area contributed by atoms with Crippen LogP contribution in [0.5, 0.6) is 0 Å².